The average molecular weight is 282 g/mol. The quantitative estimate of drug-likeness (QED) is 0.817. The van der Waals surface area contributed by atoms with Gasteiger partial charge in [0.2, 0.25) is 0 Å². The van der Waals surface area contributed by atoms with Crippen LogP contribution in [0.2, 0.25) is 0 Å². The van der Waals surface area contributed by atoms with Gasteiger partial charge in [-0.15, -0.1) is 0 Å². The van der Waals surface area contributed by atoms with Gasteiger partial charge in [0.25, 0.3) is 0 Å². The first-order valence-corrected chi connectivity index (χ1v) is 6.79. The molecule has 2 nitrogen and oxygen atoms in total. The lowest BCUT2D eigenvalue weighted by atomic mass is 9.81. The van der Waals surface area contributed by atoms with Crippen LogP contribution in [0.25, 0.3) is 0 Å². The Morgan fingerprint density at radius 3 is 2.32 bits per heavy atom. The van der Waals surface area contributed by atoms with E-state index in [-0.39, 0.29) is 21.8 Å². The summed E-state index contributed by atoms with van der Waals surface area (Å²) in [5.74, 6) is -0.385. The lowest BCUT2D eigenvalue weighted by Gasteiger charge is -2.34. The van der Waals surface area contributed by atoms with Crippen LogP contribution in [-0.4, -0.2) is 10.5 Å². The maximum atomic E-state index is 13.8. The Bertz CT molecular complexity index is 476. The molecular weight excluding hydrogens is 259 g/mol. The highest BCUT2D eigenvalue weighted by atomic mass is 32.1. The van der Waals surface area contributed by atoms with E-state index in [9.17, 15) is 4.39 Å². The minimum atomic E-state index is -0.385. The average Bonchev–Trinajstić information content (AvgIpc) is 2.11. The molecule has 0 unspecified atom stereocenters. The van der Waals surface area contributed by atoms with Crippen molar-refractivity contribution in [1.82, 2.24) is 0 Å². The second-order valence-electron chi connectivity index (χ2n) is 6.77. The molecule has 4 heteroatoms. The summed E-state index contributed by atoms with van der Waals surface area (Å²) in [7, 11) is 0. The van der Waals surface area contributed by atoms with Crippen molar-refractivity contribution in [2.24, 2.45) is 11.1 Å². The van der Waals surface area contributed by atoms with Gasteiger partial charge in [0, 0.05) is 11.2 Å². The van der Waals surface area contributed by atoms with Gasteiger partial charge in [0.15, 0.2) is 0 Å². The highest BCUT2D eigenvalue weighted by Crippen LogP contribution is 2.31. The van der Waals surface area contributed by atoms with Crippen LogP contribution in [0, 0.1) is 11.2 Å². The van der Waals surface area contributed by atoms with Gasteiger partial charge in [-0.3, -0.25) is 0 Å². The van der Waals surface area contributed by atoms with E-state index in [0.717, 1.165) is 6.42 Å². The molecule has 0 fully saturated rings. The molecule has 1 aromatic carbocycles. The number of halogens is 1. The first-order chi connectivity index (χ1) is 8.52. The lowest BCUT2D eigenvalue weighted by molar-refractivity contribution is 0.302. The number of hydrogen-bond donors (Lipinski definition) is 2. The molecule has 106 valence electrons. The van der Waals surface area contributed by atoms with Crippen molar-refractivity contribution < 1.29 is 4.39 Å². The molecule has 0 radical (unpaired) electrons. The van der Waals surface area contributed by atoms with Crippen LogP contribution in [0.1, 0.15) is 46.6 Å². The minimum absolute atomic E-state index is 0.0761. The maximum absolute atomic E-state index is 13.8. The van der Waals surface area contributed by atoms with Crippen LogP contribution in [0.3, 0.4) is 0 Å². The van der Waals surface area contributed by atoms with Crippen molar-refractivity contribution in [2.75, 3.05) is 5.32 Å². The minimum Gasteiger partial charge on any atom is -0.389 e. The first-order valence-electron chi connectivity index (χ1n) is 6.38. The molecule has 0 aliphatic heterocycles. The number of hydrogen-bond acceptors (Lipinski definition) is 2. The predicted molar refractivity (Wildman–Crippen MR) is 84.1 cm³/mol. The molecule has 0 aromatic heterocycles. The van der Waals surface area contributed by atoms with E-state index in [0.29, 0.717) is 11.3 Å². The Morgan fingerprint density at radius 2 is 1.84 bits per heavy atom. The summed E-state index contributed by atoms with van der Waals surface area (Å²) in [5.41, 5.74) is 6.56. The number of anilines is 1. The molecule has 0 heterocycles. The van der Waals surface area contributed by atoms with Crippen molar-refractivity contribution in [3.63, 3.8) is 0 Å². The number of benzene rings is 1. The largest absolute Gasteiger partial charge is 0.389 e. The standard InChI is InChI=1S/C15H23FN2S/c1-14(2,3)9-15(4,5)18-11-8-6-7-10(16)12(11)13(17)19/h6-8,18H,9H2,1-5H3,(H2,17,19). The smallest absolute Gasteiger partial charge is 0.135 e. The van der Waals surface area contributed by atoms with Crippen LogP contribution in [0.4, 0.5) is 10.1 Å². The van der Waals surface area contributed by atoms with E-state index in [2.05, 4.69) is 39.9 Å². The molecule has 0 aliphatic rings. The summed E-state index contributed by atoms with van der Waals surface area (Å²) >= 11 is 4.93. The molecule has 0 aliphatic carbocycles. The van der Waals surface area contributed by atoms with Gasteiger partial charge < -0.3 is 11.1 Å². The summed E-state index contributed by atoms with van der Waals surface area (Å²) < 4.78 is 13.8. The SMILES string of the molecule is CC(C)(C)CC(C)(C)Nc1cccc(F)c1C(N)=S. The Kier molecular flexibility index (Phi) is 4.56. The summed E-state index contributed by atoms with van der Waals surface area (Å²) in [5, 5.41) is 3.36. The second kappa shape index (κ2) is 5.45. The maximum Gasteiger partial charge on any atom is 0.135 e. The number of nitrogens with one attached hydrogen (secondary N) is 1. The van der Waals surface area contributed by atoms with E-state index in [1.807, 2.05) is 6.07 Å². The van der Waals surface area contributed by atoms with Gasteiger partial charge >= 0.3 is 0 Å². The second-order valence-corrected chi connectivity index (χ2v) is 7.21. The summed E-state index contributed by atoms with van der Waals surface area (Å²) in [4.78, 5) is 0.0761. The van der Waals surface area contributed by atoms with Gasteiger partial charge in [0.1, 0.15) is 10.8 Å². The summed E-state index contributed by atoms with van der Waals surface area (Å²) in [6.45, 7) is 10.7. The molecule has 1 aromatic rings. The predicted octanol–water partition coefficient (Wildman–Crippen LogP) is 4.09. The monoisotopic (exact) mass is 282 g/mol. The molecular formula is C15H23FN2S. The molecule has 0 saturated heterocycles. The van der Waals surface area contributed by atoms with Crippen molar-refractivity contribution in [3.05, 3.63) is 29.6 Å². The van der Waals surface area contributed by atoms with Gasteiger partial charge in [-0.05, 0) is 37.8 Å². The highest BCUT2D eigenvalue weighted by molar-refractivity contribution is 7.80. The Morgan fingerprint density at radius 1 is 1.26 bits per heavy atom. The molecule has 0 amide bonds. The van der Waals surface area contributed by atoms with Crippen LogP contribution >= 0.6 is 12.2 Å². The lowest BCUT2D eigenvalue weighted by Crippen LogP contribution is -2.36. The van der Waals surface area contributed by atoms with Crippen LogP contribution in [0.5, 0.6) is 0 Å². The van der Waals surface area contributed by atoms with Crippen molar-refractivity contribution in [3.8, 4) is 0 Å². The third kappa shape index (κ3) is 4.78. The molecule has 0 saturated carbocycles. The van der Waals surface area contributed by atoms with Crippen molar-refractivity contribution >= 4 is 22.9 Å². The van der Waals surface area contributed by atoms with Crippen LogP contribution in [-0.2, 0) is 0 Å². The van der Waals surface area contributed by atoms with Gasteiger partial charge in [-0.1, -0.05) is 39.1 Å². The van der Waals surface area contributed by atoms with Crippen molar-refractivity contribution in [2.45, 2.75) is 46.6 Å². The van der Waals surface area contributed by atoms with E-state index in [1.54, 1.807) is 6.07 Å². The van der Waals surface area contributed by atoms with E-state index in [1.165, 1.54) is 6.07 Å². The summed E-state index contributed by atoms with van der Waals surface area (Å²) in [6, 6.07) is 4.84. The molecule has 0 spiro atoms. The fourth-order valence-corrected chi connectivity index (χ4v) is 2.82. The number of nitrogens with two attached hydrogens (primary N) is 1. The fourth-order valence-electron chi connectivity index (χ4n) is 2.61. The molecule has 1 rings (SSSR count). The molecule has 3 N–H and O–H groups in total. The Labute approximate surface area is 120 Å². The normalized spacial score (nSPS) is 12.3. The first kappa shape index (κ1) is 15.9. The number of rotatable bonds is 4. The number of thiocarbonyl (C=S) groups is 1. The van der Waals surface area contributed by atoms with E-state index < -0.39 is 0 Å². The molecule has 0 atom stereocenters. The van der Waals surface area contributed by atoms with Gasteiger partial charge in [0.05, 0.1) is 5.56 Å². The fraction of sp³-hybridized carbons (Fsp3) is 0.533. The molecule has 0 bridgehead atoms. The summed E-state index contributed by atoms with van der Waals surface area (Å²) in [6.07, 6.45) is 0.938. The van der Waals surface area contributed by atoms with Crippen molar-refractivity contribution in [1.29, 1.82) is 0 Å². The Balaban J connectivity index is 3.06. The van der Waals surface area contributed by atoms with Gasteiger partial charge in [-0.25, -0.2) is 4.39 Å². The third-order valence-corrected chi connectivity index (χ3v) is 2.91. The highest BCUT2D eigenvalue weighted by Gasteiger charge is 2.26. The van der Waals surface area contributed by atoms with E-state index in [4.69, 9.17) is 18.0 Å². The molecule has 19 heavy (non-hydrogen) atoms. The zero-order valence-corrected chi connectivity index (χ0v) is 13.1. The topological polar surface area (TPSA) is 38.0 Å². The van der Waals surface area contributed by atoms with Crippen LogP contribution < -0.4 is 11.1 Å². The zero-order valence-electron chi connectivity index (χ0n) is 12.3. The van der Waals surface area contributed by atoms with Crippen LogP contribution in [0.15, 0.2) is 18.2 Å². The Hall–Kier alpha value is -1.16. The third-order valence-electron chi connectivity index (χ3n) is 2.71. The van der Waals surface area contributed by atoms with Gasteiger partial charge in [-0.2, -0.15) is 0 Å². The van der Waals surface area contributed by atoms with E-state index >= 15 is 0 Å². The zero-order chi connectivity index (χ0) is 14.8.